The lowest BCUT2D eigenvalue weighted by atomic mass is 10.2. The van der Waals surface area contributed by atoms with Gasteiger partial charge in [-0.2, -0.15) is 0 Å². The highest BCUT2D eigenvalue weighted by Crippen LogP contribution is 2.25. The van der Waals surface area contributed by atoms with Crippen molar-refractivity contribution in [1.82, 2.24) is 10.3 Å². The first kappa shape index (κ1) is 12.4. The summed E-state index contributed by atoms with van der Waals surface area (Å²) in [4.78, 5) is 27.0. The van der Waals surface area contributed by atoms with E-state index in [0.29, 0.717) is 0 Å². The molecule has 2 rings (SSSR count). The maximum atomic E-state index is 11.3. The lowest BCUT2D eigenvalue weighted by Gasteiger charge is -2.04. The Hall–Kier alpha value is -2.08. The number of carbonyl (C=O) groups is 2. The maximum absolute atomic E-state index is 11.3. The molecule has 3 amide bonds. The molecule has 2 aromatic rings. The SMILES string of the molecule is NC(=O)NC(=O)CSc1cccc2cccnc12. The molecule has 1 aromatic carbocycles. The second kappa shape index (κ2) is 5.50. The summed E-state index contributed by atoms with van der Waals surface area (Å²) in [6.45, 7) is 0. The first-order valence-electron chi connectivity index (χ1n) is 5.22. The normalized spacial score (nSPS) is 10.2. The third-order valence-corrected chi connectivity index (χ3v) is 3.26. The first-order chi connectivity index (χ1) is 8.66. The van der Waals surface area contributed by atoms with Crippen LogP contribution in [0.3, 0.4) is 0 Å². The maximum Gasteiger partial charge on any atom is 0.318 e. The minimum atomic E-state index is -0.836. The lowest BCUT2D eigenvalue weighted by Crippen LogP contribution is -2.36. The van der Waals surface area contributed by atoms with Gasteiger partial charge in [-0.25, -0.2) is 4.79 Å². The number of urea groups is 1. The van der Waals surface area contributed by atoms with Crippen LogP contribution in [0.2, 0.25) is 0 Å². The topological polar surface area (TPSA) is 85.1 Å². The van der Waals surface area contributed by atoms with E-state index >= 15 is 0 Å². The van der Waals surface area contributed by atoms with Crippen molar-refractivity contribution in [3.63, 3.8) is 0 Å². The van der Waals surface area contributed by atoms with Crippen LogP contribution in [0, 0.1) is 0 Å². The van der Waals surface area contributed by atoms with Gasteiger partial charge in [-0.05, 0) is 12.1 Å². The minimum Gasteiger partial charge on any atom is -0.351 e. The molecule has 0 atom stereocenters. The number of hydrogen-bond acceptors (Lipinski definition) is 4. The van der Waals surface area contributed by atoms with E-state index in [1.54, 1.807) is 6.20 Å². The van der Waals surface area contributed by atoms with Crippen LogP contribution in [0.1, 0.15) is 0 Å². The van der Waals surface area contributed by atoms with E-state index in [0.717, 1.165) is 15.8 Å². The van der Waals surface area contributed by atoms with Gasteiger partial charge in [0.15, 0.2) is 0 Å². The molecule has 0 unspecified atom stereocenters. The van der Waals surface area contributed by atoms with Crippen molar-refractivity contribution in [2.75, 3.05) is 5.75 Å². The monoisotopic (exact) mass is 261 g/mol. The molecule has 1 aromatic heterocycles. The molecule has 0 saturated heterocycles. The van der Waals surface area contributed by atoms with Gasteiger partial charge in [0, 0.05) is 16.5 Å². The molecule has 92 valence electrons. The summed E-state index contributed by atoms with van der Waals surface area (Å²) in [6, 6.07) is 8.72. The number of fused-ring (bicyclic) bond motifs is 1. The van der Waals surface area contributed by atoms with Crippen molar-refractivity contribution in [1.29, 1.82) is 0 Å². The summed E-state index contributed by atoms with van der Waals surface area (Å²) in [7, 11) is 0. The average molecular weight is 261 g/mol. The highest BCUT2D eigenvalue weighted by molar-refractivity contribution is 8.00. The van der Waals surface area contributed by atoms with E-state index in [9.17, 15) is 9.59 Å². The van der Waals surface area contributed by atoms with Crippen LogP contribution in [-0.2, 0) is 4.79 Å². The molecule has 1 heterocycles. The fraction of sp³-hybridized carbons (Fsp3) is 0.0833. The Morgan fingerprint density at radius 1 is 1.28 bits per heavy atom. The Balaban J connectivity index is 2.12. The van der Waals surface area contributed by atoms with Crippen LogP contribution in [0.25, 0.3) is 10.9 Å². The smallest absolute Gasteiger partial charge is 0.318 e. The van der Waals surface area contributed by atoms with E-state index in [4.69, 9.17) is 5.73 Å². The molecular formula is C12H11N3O2S. The highest BCUT2D eigenvalue weighted by Gasteiger charge is 2.07. The molecule has 0 aliphatic rings. The van der Waals surface area contributed by atoms with E-state index < -0.39 is 11.9 Å². The summed E-state index contributed by atoms with van der Waals surface area (Å²) in [6.07, 6.45) is 1.70. The van der Waals surface area contributed by atoms with Crippen molar-refractivity contribution in [3.05, 3.63) is 36.5 Å². The number of rotatable bonds is 3. The van der Waals surface area contributed by atoms with Crippen molar-refractivity contribution in [3.8, 4) is 0 Å². The number of aromatic nitrogens is 1. The zero-order valence-corrected chi connectivity index (χ0v) is 10.2. The summed E-state index contributed by atoms with van der Waals surface area (Å²) in [5.74, 6) is -0.293. The second-order valence-electron chi connectivity index (χ2n) is 3.53. The molecule has 0 saturated carbocycles. The van der Waals surface area contributed by atoms with Crippen LogP contribution in [-0.4, -0.2) is 22.7 Å². The number of nitrogens with two attached hydrogens (primary N) is 1. The number of para-hydroxylation sites is 1. The van der Waals surface area contributed by atoms with Crippen LogP contribution >= 0.6 is 11.8 Å². The van der Waals surface area contributed by atoms with E-state index in [-0.39, 0.29) is 5.75 Å². The van der Waals surface area contributed by atoms with Crippen molar-refractivity contribution >= 4 is 34.6 Å². The van der Waals surface area contributed by atoms with Crippen LogP contribution in [0.4, 0.5) is 4.79 Å². The van der Waals surface area contributed by atoms with E-state index in [2.05, 4.69) is 4.98 Å². The Morgan fingerprint density at radius 3 is 2.83 bits per heavy atom. The predicted octanol–water partition coefficient (Wildman–Crippen LogP) is 1.52. The van der Waals surface area contributed by atoms with Gasteiger partial charge in [-0.1, -0.05) is 18.2 Å². The summed E-state index contributed by atoms with van der Waals surface area (Å²) < 4.78 is 0. The predicted molar refractivity (Wildman–Crippen MR) is 70.2 cm³/mol. The second-order valence-corrected chi connectivity index (χ2v) is 4.55. The molecule has 3 N–H and O–H groups in total. The highest BCUT2D eigenvalue weighted by atomic mass is 32.2. The number of amides is 3. The number of carbonyl (C=O) groups excluding carboxylic acids is 2. The molecule has 0 fully saturated rings. The molecule has 0 aliphatic carbocycles. The van der Waals surface area contributed by atoms with Crippen molar-refractivity contribution in [2.24, 2.45) is 5.73 Å². The Morgan fingerprint density at radius 2 is 2.06 bits per heavy atom. The van der Waals surface area contributed by atoms with Crippen LogP contribution < -0.4 is 11.1 Å². The third-order valence-electron chi connectivity index (χ3n) is 2.22. The Kier molecular flexibility index (Phi) is 3.78. The number of primary amides is 1. The minimum absolute atomic E-state index is 0.124. The molecule has 0 radical (unpaired) electrons. The van der Waals surface area contributed by atoms with Gasteiger partial charge in [0.25, 0.3) is 0 Å². The quantitative estimate of drug-likeness (QED) is 0.820. The van der Waals surface area contributed by atoms with Gasteiger partial charge in [0.1, 0.15) is 0 Å². The Labute approximate surface area is 108 Å². The van der Waals surface area contributed by atoms with Gasteiger partial charge >= 0.3 is 6.03 Å². The lowest BCUT2D eigenvalue weighted by molar-refractivity contribution is -0.117. The number of pyridine rings is 1. The van der Waals surface area contributed by atoms with Gasteiger partial charge in [-0.15, -0.1) is 11.8 Å². The summed E-state index contributed by atoms with van der Waals surface area (Å²) in [5.41, 5.74) is 5.70. The third kappa shape index (κ3) is 2.98. The number of hydrogen-bond donors (Lipinski definition) is 2. The summed E-state index contributed by atoms with van der Waals surface area (Å²) >= 11 is 1.32. The number of nitrogens with zero attached hydrogens (tertiary/aromatic N) is 1. The van der Waals surface area contributed by atoms with E-state index in [1.165, 1.54) is 11.8 Å². The van der Waals surface area contributed by atoms with E-state index in [1.807, 2.05) is 35.6 Å². The number of imide groups is 1. The first-order valence-corrected chi connectivity index (χ1v) is 6.21. The fourth-order valence-electron chi connectivity index (χ4n) is 1.51. The number of thioether (sulfide) groups is 1. The zero-order chi connectivity index (χ0) is 13.0. The molecule has 5 nitrogen and oxygen atoms in total. The van der Waals surface area contributed by atoms with Crippen LogP contribution in [0.5, 0.6) is 0 Å². The fourth-order valence-corrected chi connectivity index (χ4v) is 2.35. The number of nitrogens with one attached hydrogen (secondary N) is 1. The zero-order valence-electron chi connectivity index (χ0n) is 9.42. The standard InChI is InChI=1S/C12H11N3O2S/c13-12(17)15-10(16)7-18-9-5-1-3-8-4-2-6-14-11(8)9/h1-6H,7H2,(H3,13,15,16,17). The molecular weight excluding hydrogens is 250 g/mol. The van der Waals surface area contributed by atoms with Gasteiger partial charge < -0.3 is 5.73 Å². The van der Waals surface area contributed by atoms with Gasteiger partial charge in [0.2, 0.25) is 5.91 Å². The van der Waals surface area contributed by atoms with Gasteiger partial charge in [0.05, 0.1) is 11.3 Å². The largest absolute Gasteiger partial charge is 0.351 e. The Bertz CT molecular complexity index is 595. The van der Waals surface area contributed by atoms with Crippen molar-refractivity contribution < 1.29 is 9.59 Å². The van der Waals surface area contributed by atoms with Crippen LogP contribution in [0.15, 0.2) is 41.4 Å². The molecule has 0 aliphatic heterocycles. The molecule has 0 bridgehead atoms. The summed E-state index contributed by atoms with van der Waals surface area (Å²) in [5, 5.41) is 3.03. The molecule has 18 heavy (non-hydrogen) atoms. The average Bonchev–Trinajstić information content (AvgIpc) is 2.35. The number of benzene rings is 1. The molecule has 0 spiro atoms. The van der Waals surface area contributed by atoms with Gasteiger partial charge in [-0.3, -0.25) is 15.1 Å². The van der Waals surface area contributed by atoms with Crippen molar-refractivity contribution in [2.45, 2.75) is 4.90 Å². The molecule has 6 heteroatoms.